The first-order chi connectivity index (χ1) is 11.9. The van der Waals surface area contributed by atoms with Crippen molar-refractivity contribution in [3.05, 3.63) is 96.3 Å². The summed E-state index contributed by atoms with van der Waals surface area (Å²) in [5.41, 5.74) is 4.48. The Hall–Kier alpha value is -3.00. The minimum atomic E-state index is 0.842. The Morgan fingerprint density at radius 2 is 1.25 bits per heavy atom. The smallest absolute Gasteiger partial charge is 0.130 e. The van der Waals surface area contributed by atoms with Crippen LogP contribution in [0.15, 0.2) is 84.9 Å². The van der Waals surface area contributed by atoms with Gasteiger partial charge in [-0.1, -0.05) is 78.9 Å². The van der Waals surface area contributed by atoms with E-state index in [0.29, 0.717) is 0 Å². The number of fused-ring (bicyclic) bond motifs is 1. The summed E-state index contributed by atoms with van der Waals surface area (Å²) >= 11 is 0. The lowest BCUT2D eigenvalue weighted by atomic mass is 10.1. The molecule has 0 saturated heterocycles. The molecule has 1 aromatic heterocycles. The zero-order chi connectivity index (χ0) is 16.2. The predicted molar refractivity (Wildman–Crippen MR) is 98.8 cm³/mol. The second kappa shape index (κ2) is 6.63. The number of rotatable bonds is 4. The Labute approximate surface area is 141 Å². The molecule has 0 aliphatic carbocycles. The van der Waals surface area contributed by atoms with Crippen LogP contribution in [0.4, 0.5) is 0 Å². The number of aromatic nitrogens is 2. The van der Waals surface area contributed by atoms with Crippen molar-refractivity contribution in [1.82, 2.24) is 9.97 Å². The molecule has 4 aromatic rings. The fraction of sp³-hybridized carbons (Fsp3) is 0.0909. The first kappa shape index (κ1) is 14.6. The van der Waals surface area contributed by atoms with Gasteiger partial charge in [-0.25, -0.2) is 9.97 Å². The van der Waals surface area contributed by atoms with E-state index in [9.17, 15) is 0 Å². The molecule has 1 heterocycles. The lowest BCUT2D eigenvalue weighted by molar-refractivity contribution is 0.871. The highest BCUT2D eigenvalue weighted by molar-refractivity contribution is 5.92. The summed E-state index contributed by atoms with van der Waals surface area (Å²) in [4.78, 5) is 9.64. The molecule has 0 aliphatic heterocycles. The third-order valence-electron chi connectivity index (χ3n) is 4.18. The van der Waals surface area contributed by atoms with Crippen LogP contribution in [0.1, 0.15) is 11.4 Å². The van der Waals surface area contributed by atoms with E-state index in [1.165, 1.54) is 5.56 Å². The van der Waals surface area contributed by atoms with Crippen molar-refractivity contribution < 1.29 is 0 Å². The van der Waals surface area contributed by atoms with Crippen molar-refractivity contribution in [2.24, 2.45) is 0 Å². The van der Waals surface area contributed by atoms with Gasteiger partial charge in [-0.2, -0.15) is 0 Å². The Bertz CT molecular complexity index is 947. The molecule has 0 radical (unpaired) electrons. The second-order valence-corrected chi connectivity index (χ2v) is 5.86. The summed E-state index contributed by atoms with van der Waals surface area (Å²) in [6, 6.07) is 29.1. The van der Waals surface area contributed by atoms with Gasteiger partial charge >= 0.3 is 0 Å². The summed E-state index contributed by atoms with van der Waals surface area (Å²) < 4.78 is 0. The molecule has 0 N–H and O–H groups in total. The predicted octanol–water partition coefficient (Wildman–Crippen LogP) is 5.08. The average molecular weight is 310 g/mol. The fourth-order valence-corrected chi connectivity index (χ4v) is 2.95. The van der Waals surface area contributed by atoms with Gasteiger partial charge < -0.3 is 0 Å². The summed E-state index contributed by atoms with van der Waals surface area (Å²) in [7, 11) is 0. The third kappa shape index (κ3) is 3.04. The van der Waals surface area contributed by atoms with Crippen LogP contribution in [0.3, 0.4) is 0 Å². The molecule has 0 bridgehead atoms. The molecule has 0 saturated carbocycles. The number of aryl methyl sites for hydroxylation is 2. The standard InChI is InChI=1S/C22H18N2/c1-3-9-17(10-4-1)15-16-21-23-20-14-8-7-13-19(20)22(24-21)18-11-5-2-6-12-18/h1-14H,15-16H2. The van der Waals surface area contributed by atoms with Crippen molar-refractivity contribution in [1.29, 1.82) is 0 Å². The van der Waals surface area contributed by atoms with Crippen molar-refractivity contribution in [3.63, 3.8) is 0 Å². The van der Waals surface area contributed by atoms with Crippen molar-refractivity contribution in [2.45, 2.75) is 12.8 Å². The molecular weight excluding hydrogens is 292 g/mol. The van der Waals surface area contributed by atoms with E-state index >= 15 is 0 Å². The van der Waals surface area contributed by atoms with Crippen molar-refractivity contribution in [3.8, 4) is 11.3 Å². The normalized spacial score (nSPS) is 10.8. The zero-order valence-electron chi connectivity index (χ0n) is 13.4. The Balaban J connectivity index is 1.74. The van der Waals surface area contributed by atoms with Gasteiger partial charge in [0.1, 0.15) is 5.82 Å². The molecule has 2 nitrogen and oxygen atoms in total. The maximum atomic E-state index is 4.88. The van der Waals surface area contributed by atoms with Crippen LogP contribution < -0.4 is 0 Å². The topological polar surface area (TPSA) is 25.8 Å². The molecule has 0 atom stereocenters. The van der Waals surface area contributed by atoms with E-state index in [0.717, 1.165) is 40.8 Å². The molecule has 0 unspecified atom stereocenters. The largest absolute Gasteiger partial charge is 0.233 e. The molecule has 24 heavy (non-hydrogen) atoms. The van der Waals surface area contributed by atoms with Crippen molar-refractivity contribution in [2.75, 3.05) is 0 Å². The lowest BCUT2D eigenvalue weighted by Gasteiger charge is -2.09. The number of nitrogens with zero attached hydrogens (tertiary/aromatic N) is 2. The molecule has 4 rings (SSSR count). The molecule has 0 amide bonds. The molecule has 0 aliphatic rings. The van der Waals surface area contributed by atoms with Gasteiger partial charge in [0, 0.05) is 17.4 Å². The van der Waals surface area contributed by atoms with E-state index in [2.05, 4.69) is 60.7 Å². The highest BCUT2D eigenvalue weighted by Gasteiger charge is 2.09. The molecule has 2 heteroatoms. The van der Waals surface area contributed by atoms with Gasteiger partial charge in [0.15, 0.2) is 0 Å². The Morgan fingerprint density at radius 3 is 2.04 bits per heavy atom. The van der Waals surface area contributed by atoms with Crippen LogP contribution in [0, 0.1) is 0 Å². The fourth-order valence-electron chi connectivity index (χ4n) is 2.95. The SMILES string of the molecule is c1ccc(CCc2nc(-c3ccccc3)c3ccccc3n2)cc1. The van der Waals surface area contributed by atoms with Gasteiger partial charge in [0.25, 0.3) is 0 Å². The monoisotopic (exact) mass is 310 g/mol. The molecule has 0 fully saturated rings. The molecule has 3 aromatic carbocycles. The Kier molecular flexibility index (Phi) is 4.03. The van der Waals surface area contributed by atoms with Gasteiger partial charge in [-0.3, -0.25) is 0 Å². The van der Waals surface area contributed by atoms with E-state index in [4.69, 9.17) is 9.97 Å². The quantitative estimate of drug-likeness (QED) is 0.525. The number of benzene rings is 3. The third-order valence-corrected chi connectivity index (χ3v) is 4.18. The minimum Gasteiger partial charge on any atom is -0.233 e. The number of hydrogen-bond donors (Lipinski definition) is 0. The van der Waals surface area contributed by atoms with Gasteiger partial charge in [-0.05, 0) is 18.1 Å². The maximum absolute atomic E-state index is 4.88. The first-order valence-corrected chi connectivity index (χ1v) is 8.25. The van der Waals surface area contributed by atoms with Gasteiger partial charge in [0.2, 0.25) is 0 Å². The summed E-state index contributed by atoms with van der Waals surface area (Å²) in [5, 5.41) is 1.10. The van der Waals surface area contributed by atoms with Crippen LogP contribution in [-0.4, -0.2) is 9.97 Å². The average Bonchev–Trinajstić information content (AvgIpc) is 2.67. The van der Waals surface area contributed by atoms with Crippen LogP contribution in [-0.2, 0) is 12.8 Å². The highest BCUT2D eigenvalue weighted by Crippen LogP contribution is 2.26. The zero-order valence-corrected chi connectivity index (χ0v) is 13.4. The first-order valence-electron chi connectivity index (χ1n) is 8.25. The van der Waals surface area contributed by atoms with E-state index < -0.39 is 0 Å². The molecule has 116 valence electrons. The van der Waals surface area contributed by atoms with Gasteiger partial charge in [-0.15, -0.1) is 0 Å². The summed E-state index contributed by atoms with van der Waals surface area (Å²) in [6.07, 6.45) is 1.79. The summed E-state index contributed by atoms with van der Waals surface area (Å²) in [6.45, 7) is 0. The van der Waals surface area contributed by atoms with E-state index in [1.54, 1.807) is 0 Å². The van der Waals surface area contributed by atoms with Crippen LogP contribution >= 0.6 is 0 Å². The van der Waals surface area contributed by atoms with Crippen molar-refractivity contribution >= 4 is 10.9 Å². The minimum absolute atomic E-state index is 0.842. The highest BCUT2D eigenvalue weighted by atomic mass is 14.9. The number of para-hydroxylation sites is 1. The van der Waals surface area contributed by atoms with E-state index in [-0.39, 0.29) is 0 Å². The summed E-state index contributed by atoms with van der Waals surface area (Å²) in [5.74, 6) is 0.899. The van der Waals surface area contributed by atoms with Gasteiger partial charge in [0.05, 0.1) is 11.2 Å². The lowest BCUT2D eigenvalue weighted by Crippen LogP contribution is -2.01. The van der Waals surface area contributed by atoms with Crippen LogP contribution in [0.25, 0.3) is 22.2 Å². The molecule has 0 spiro atoms. The second-order valence-electron chi connectivity index (χ2n) is 5.86. The molecular formula is C22H18N2. The Morgan fingerprint density at radius 1 is 0.583 bits per heavy atom. The van der Waals surface area contributed by atoms with E-state index in [1.807, 2.05) is 24.3 Å². The van der Waals surface area contributed by atoms with Crippen LogP contribution in [0.2, 0.25) is 0 Å². The van der Waals surface area contributed by atoms with Crippen LogP contribution in [0.5, 0.6) is 0 Å². The number of hydrogen-bond acceptors (Lipinski definition) is 2. The maximum Gasteiger partial charge on any atom is 0.130 e.